The van der Waals surface area contributed by atoms with E-state index >= 15 is 0 Å². The summed E-state index contributed by atoms with van der Waals surface area (Å²) in [5, 5.41) is -0.0734. The van der Waals surface area contributed by atoms with Gasteiger partial charge in [0.25, 0.3) is 0 Å². The lowest BCUT2D eigenvalue weighted by Gasteiger charge is -2.29. The molecular formula is C20H16ClF3N4O3S. The van der Waals surface area contributed by atoms with Gasteiger partial charge in [-0.2, -0.15) is 13.2 Å². The van der Waals surface area contributed by atoms with Crippen molar-refractivity contribution in [1.82, 2.24) is 0 Å². The van der Waals surface area contributed by atoms with Crippen LogP contribution in [0.1, 0.15) is 22.9 Å². The summed E-state index contributed by atoms with van der Waals surface area (Å²) >= 11 is 5.91. The predicted molar refractivity (Wildman–Crippen MR) is 115 cm³/mol. The molecule has 0 fully saturated rings. The molecule has 3 aromatic rings. The van der Waals surface area contributed by atoms with Crippen molar-refractivity contribution in [1.29, 1.82) is 0 Å². The Morgan fingerprint density at radius 1 is 1.16 bits per heavy atom. The van der Waals surface area contributed by atoms with Gasteiger partial charge in [-0.1, -0.05) is 11.6 Å². The molecule has 1 unspecified atom stereocenters. The summed E-state index contributed by atoms with van der Waals surface area (Å²) < 4.78 is 71.4. The van der Waals surface area contributed by atoms with E-state index in [1.54, 1.807) is 23.1 Å². The van der Waals surface area contributed by atoms with Crippen molar-refractivity contribution in [3.05, 3.63) is 76.5 Å². The van der Waals surface area contributed by atoms with E-state index in [-0.39, 0.29) is 16.3 Å². The zero-order valence-corrected chi connectivity index (χ0v) is 17.7. The van der Waals surface area contributed by atoms with Crippen molar-refractivity contribution in [3.63, 3.8) is 0 Å². The van der Waals surface area contributed by atoms with Gasteiger partial charge >= 0.3 is 6.18 Å². The maximum atomic E-state index is 12.9. The molecule has 0 amide bonds. The fourth-order valence-corrected chi connectivity index (χ4v) is 4.67. The van der Waals surface area contributed by atoms with Gasteiger partial charge in [0.15, 0.2) is 0 Å². The number of furan rings is 1. The molecule has 0 aliphatic carbocycles. The second kappa shape index (κ2) is 8.15. The van der Waals surface area contributed by atoms with Crippen LogP contribution in [0.2, 0.25) is 5.02 Å². The third-order valence-electron chi connectivity index (χ3n) is 4.75. The molecular weight excluding hydrogens is 469 g/mol. The number of alkyl halides is 3. The third kappa shape index (κ3) is 4.59. The normalized spacial score (nSPS) is 16.2. The fourth-order valence-electron chi connectivity index (χ4n) is 3.19. The second-order valence-corrected chi connectivity index (χ2v) is 9.12. The summed E-state index contributed by atoms with van der Waals surface area (Å²) in [6, 6.07) is 10.5. The van der Waals surface area contributed by atoms with Gasteiger partial charge in [0.2, 0.25) is 15.9 Å². The van der Waals surface area contributed by atoms with Gasteiger partial charge in [-0.15, -0.1) is 0 Å². The van der Waals surface area contributed by atoms with Gasteiger partial charge < -0.3 is 15.1 Å². The second-order valence-electron chi connectivity index (χ2n) is 6.99. The molecule has 32 heavy (non-hydrogen) atoms. The number of sulfonamides is 1. The molecule has 168 valence electrons. The minimum atomic E-state index is -4.61. The van der Waals surface area contributed by atoms with Crippen LogP contribution in [0.5, 0.6) is 0 Å². The van der Waals surface area contributed by atoms with Crippen LogP contribution in [-0.2, 0) is 22.0 Å². The summed E-state index contributed by atoms with van der Waals surface area (Å²) in [6.45, 7) is 0. The number of nitrogens with one attached hydrogen (secondary N) is 1. The average Bonchev–Trinajstić information content (AvgIpc) is 3.19. The third-order valence-corrected chi connectivity index (χ3v) is 6.36. The number of fused-ring (bicyclic) bond motifs is 1. The van der Waals surface area contributed by atoms with E-state index in [0.717, 1.165) is 18.2 Å². The highest BCUT2D eigenvalue weighted by Gasteiger charge is 2.31. The maximum Gasteiger partial charge on any atom is 0.416 e. The van der Waals surface area contributed by atoms with Crippen molar-refractivity contribution in [2.45, 2.75) is 18.1 Å². The molecule has 0 saturated heterocycles. The van der Waals surface area contributed by atoms with Crippen molar-refractivity contribution >= 4 is 45.2 Å². The Morgan fingerprint density at radius 2 is 1.88 bits per heavy atom. The summed E-state index contributed by atoms with van der Waals surface area (Å²) in [4.78, 5) is 5.85. The Labute approximate surface area is 186 Å². The van der Waals surface area contributed by atoms with Crippen molar-refractivity contribution in [2.24, 2.45) is 10.7 Å². The van der Waals surface area contributed by atoms with Crippen LogP contribution in [0.3, 0.4) is 0 Å². The summed E-state index contributed by atoms with van der Waals surface area (Å²) in [6.07, 6.45) is -2.15. The van der Waals surface area contributed by atoms with E-state index in [9.17, 15) is 21.6 Å². The number of halogens is 4. The van der Waals surface area contributed by atoms with Crippen LogP contribution in [0, 0.1) is 0 Å². The van der Waals surface area contributed by atoms with Gasteiger partial charge in [0.1, 0.15) is 12.5 Å². The molecule has 2 heterocycles. The average molecular weight is 485 g/mol. The van der Waals surface area contributed by atoms with Crippen molar-refractivity contribution < 1.29 is 26.0 Å². The Kier molecular flexibility index (Phi) is 5.65. The van der Waals surface area contributed by atoms with Crippen LogP contribution in [0.4, 0.5) is 30.4 Å². The Hall–Kier alpha value is -3.02. The van der Waals surface area contributed by atoms with Gasteiger partial charge in [-0.3, -0.25) is 4.72 Å². The molecule has 0 saturated carbocycles. The van der Waals surface area contributed by atoms with Crippen molar-refractivity contribution in [3.8, 4) is 0 Å². The lowest BCUT2D eigenvalue weighted by atomic mass is 10.1. The summed E-state index contributed by atoms with van der Waals surface area (Å²) in [5.74, 6) is -0.295. The number of rotatable bonds is 5. The number of nitrogens with zero attached hydrogens (tertiary/aromatic N) is 2. The maximum absolute atomic E-state index is 12.9. The minimum Gasteiger partial charge on any atom is -0.446 e. The van der Waals surface area contributed by atoms with Gasteiger partial charge in [0.05, 0.1) is 23.1 Å². The SMILES string of the molecule is NC1c2ccoc2N=CN1c1ccc(NS(=O)(=O)Cc2cc(C(F)(F)F)ccc2Cl)cc1. The van der Waals surface area contributed by atoms with E-state index in [1.807, 2.05) is 0 Å². The fraction of sp³-hybridized carbons (Fsp3) is 0.150. The number of aliphatic imine (C=N–C) groups is 1. The molecule has 4 rings (SSSR count). The number of benzene rings is 2. The van der Waals surface area contributed by atoms with Crippen LogP contribution >= 0.6 is 11.6 Å². The molecule has 7 nitrogen and oxygen atoms in total. The zero-order chi connectivity index (χ0) is 23.1. The van der Waals surface area contributed by atoms with Gasteiger partial charge in [0, 0.05) is 16.4 Å². The standard InChI is InChI=1S/C20H16ClF3N4O3S/c21-17-6-1-13(20(22,23)24)9-12(17)10-32(29,30)27-14-2-4-15(5-3-14)28-11-26-19-16(18(28)25)7-8-31-19/h1-9,11,18,27H,10,25H2. The molecule has 1 atom stereocenters. The molecule has 1 aromatic heterocycles. The van der Waals surface area contributed by atoms with Gasteiger partial charge in [-0.05, 0) is 54.1 Å². The number of nitrogens with two attached hydrogens (primary N) is 1. The Balaban J connectivity index is 1.49. The first-order valence-electron chi connectivity index (χ1n) is 9.15. The van der Waals surface area contributed by atoms with Crippen LogP contribution in [-0.4, -0.2) is 14.8 Å². The van der Waals surface area contributed by atoms with Gasteiger partial charge in [-0.25, -0.2) is 13.4 Å². The van der Waals surface area contributed by atoms with E-state index in [1.165, 1.54) is 24.7 Å². The van der Waals surface area contributed by atoms with E-state index in [4.69, 9.17) is 21.8 Å². The number of hydrogen-bond donors (Lipinski definition) is 2. The molecule has 0 radical (unpaired) electrons. The molecule has 12 heteroatoms. The molecule has 0 bridgehead atoms. The van der Waals surface area contributed by atoms with Crippen LogP contribution in [0.15, 0.2) is 64.2 Å². The monoisotopic (exact) mass is 484 g/mol. The zero-order valence-electron chi connectivity index (χ0n) is 16.2. The quantitative estimate of drug-likeness (QED) is 0.529. The first-order chi connectivity index (χ1) is 15.0. The predicted octanol–water partition coefficient (Wildman–Crippen LogP) is 5.03. The van der Waals surface area contributed by atoms with Crippen LogP contribution in [0.25, 0.3) is 0 Å². The highest BCUT2D eigenvalue weighted by Crippen LogP contribution is 2.35. The lowest BCUT2D eigenvalue weighted by Crippen LogP contribution is -2.35. The van der Waals surface area contributed by atoms with E-state index in [2.05, 4.69) is 9.71 Å². The van der Waals surface area contributed by atoms with Crippen molar-refractivity contribution in [2.75, 3.05) is 9.62 Å². The van der Waals surface area contributed by atoms with E-state index < -0.39 is 33.7 Å². The van der Waals surface area contributed by atoms with Crippen LogP contribution < -0.4 is 15.4 Å². The first-order valence-corrected chi connectivity index (χ1v) is 11.2. The molecule has 2 aromatic carbocycles. The largest absolute Gasteiger partial charge is 0.446 e. The minimum absolute atomic E-state index is 0.0734. The molecule has 3 N–H and O–H groups in total. The van der Waals surface area contributed by atoms with E-state index in [0.29, 0.717) is 17.1 Å². The smallest absolute Gasteiger partial charge is 0.416 e. The molecule has 1 aliphatic rings. The number of anilines is 2. The first kappa shape index (κ1) is 22.2. The Bertz CT molecular complexity index is 1270. The number of hydrogen-bond acceptors (Lipinski definition) is 6. The highest BCUT2D eigenvalue weighted by atomic mass is 35.5. The Morgan fingerprint density at radius 3 is 2.56 bits per heavy atom. The summed E-state index contributed by atoms with van der Waals surface area (Å²) in [7, 11) is -4.03. The molecule has 0 spiro atoms. The highest BCUT2D eigenvalue weighted by molar-refractivity contribution is 7.91. The summed E-state index contributed by atoms with van der Waals surface area (Å²) in [5.41, 5.74) is 6.67. The lowest BCUT2D eigenvalue weighted by molar-refractivity contribution is -0.137. The molecule has 1 aliphatic heterocycles. The topological polar surface area (TPSA) is 101 Å².